The van der Waals surface area contributed by atoms with Gasteiger partial charge in [-0.05, 0) is 38.8 Å². The summed E-state index contributed by atoms with van der Waals surface area (Å²) in [6, 6.07) is -0.586. The average molecular weight is 268 g/mol. The van der Waals surface area contributed by atoms with Crippen molar-refractivity contribution >= 4 is 11.9 Å². The molecule has 2 aliphatic heterocycles. The van der Waals surface area contributed by atoms with Crippen molar-refractivity contribution in [1.82, 2.24) is 9.80 Å². The lowest BCUT2D eigenvalue weighted by atomic mass is 10.2. The predicted octanol–water partition coefficient (Wildman–Crippen LogP) is 1.33. The van der Waals surface area contributed by atoms with Crippen LogP contribution in [0, 0.1) is 0 Å². The summed E-state index contributed by atoms with van der Waals surface area (Å²) >= 11 is 0. The van der Waals surface area contributed by atoms with Gasteiger partial charge in [0, 0.05) is 19.5 Å². The predicted molar refractivity (Wildman–Crippen MR) is 71.9 cm³/mol. The maximum Gasteiger partial charge on any atom is 0.326 e. The zero-order chi connectivity index (χ0) is 13.7. The van der Waals surface area contributed by atoms with Crippen LogP contribution < -0.4 is 0 Å². The Kier molecular flexibility index (Phi) is 5.19. The number of aliphatic carboxylic acids is 1. The topological polar surface area (TPSA) is 60.9 Å². The van der Waals surface area contributed by atoms with Crippen molar-refractivity contribution in [3.05, 3.63) is 0 Å². The van der Waals surface area contributed by atoms with E-state index >= 15 is 0 Å². The highest BCUT2D eigenvalue weighted by Crippen LogP contribution is 2.19. The fourth-order valence-corrected chi connectivity index (χ4v) is 3.08. The molecular formula is C14H24N2O3. The Morgan fingerprint density at radius 2 is 1.68 bits per heavy atom. The number of carbonyl (C=O) groups excluding carboxylic acids is 1. The van der Waals surface area contributed by atoms with Crippen LogP contribution in [0.3, 0.4) is 0 Å². The molecule has 1 unspecified atom stereocenters. The van der Waals surface area contributed by atoms with Crippen LogP contribution in [-0.4, -0.2) is 59.0 Å². The van der Waals surface area contributed by atoms with E-state index in [1.165, 1.54) is 25.7 Å². The average Bonchev–Trinajstić information content (AvgIpc) is 2.74. The number of hydrogen-bond donors (Lipinski definition) is 1. The summed E-state index contributed by atoms with van der Waals surface area (Å²) in [7, 11) is 0. The molecule has 2 fully saturated rings. The highest BCUT2D eigenvalue weighted by Gasteiger charge is 2.33. The summed E-state index contributed by atoms with van der Waals surface area (Å²) in [6.45, 7) is 3.54. The first-order chi connectivity index (χ1) is 9.18. The number of hydrogen-bond acceptors (Lipinski definition) is 3. The van der Waals surface area contributed by atoms with Gasteiger partial charge in [-0.3, -0.25) is 4.79 Å². The van der Waals surface area contributed by atoms with Crippen LogP contribution in [0.2, 0.25) is 0 Å². The van der Waals surface area contributed by atoms with Crippen LogP contribution in [0.25, 0.3) is 0 Å². The molecule has 0 aromatic heterocycles. The highest BCUT2D eigenvalue weighted by atomic mass is 16.4. The largest absolute Gasteiger partial charge is 0.480 e. The van der Waals surface area contributed by atoms with Crippen LogP contribution in [0.1, 0.15) is 44.9 Å². The second-order valence-corrected chi connectivity index (χ2v) is 5.59. The van der Waals surface area contributed by atoms with E-state index in [1.807, 2.05) is 0 Å². The van der Waals surface area contributed by atoms with E-state index < -0.39 is 12.0 Å². The number of rotatable bonds is 4. The van der Waals surface area contributed by atoms with E-state index in [0.29, 0.717) is 19.4 Å². The number of nitrogens with zero attached hydrogens (tertiary/aromatic N) is 2. The highest BCUT2D eigenvalue weighted by molar-refractivity contribution is 5.84. The van der Waals surface area contributed by atoms with Gasteiger partial charge in [-0.1, -0.05) is 12.8 Å². The van der Waals surface area contributed by atoms with Gasteiger partial charge in [0.05, 0.1) is 0 Å². The Hall–Kier alpha value is -1.10. The molecule has 0 spiro atoms. The number of carbonyl (C=O) groups is 2. The molecule has 5 nitrogen and oxygen atoms in total. The van der Waals surface area contributed by atoms with Crippen molar-refractivity contribution in [2.75, 3.05) is 26.2 Å². The molecule has 0 aromatic carbocycles. The lowest BCUT2D eigenvalue weighted by Gasteiger charge is -2.24. The van der Waals surface area contributed by atoms with Crippen molar-refractivity contribution in [2.24, 2.45) is 0 Å². The first-order valence-electron chi connectivity index (χ1n) is 7.43. The first kappa shape index (κ1) is 14.3. The minimum absolute atomic E-state index is 0.00847. The second kappa shape index (κ2) is 6.89. The van der Waals surface area contributed by atoms with E-state index in [-0.39, 0.29) is 5.91 Å². The summed E-state index contributed by atoms with van der Waals surface area (Å²) < 4.78 is 0. The zero-order valence-corrected chi connectivity index (χ0v) is 11.5. The van der Waals surface area contributed by atoms with Crippen molar-refractivity contribution in [1.29, 1.82) is 0 Å². The molecule has 1 amide bonds. The van der Waals surface area contributed by atoms with Gasteiger partial charge < -0.3 is 14.9 Å². The molecule has 2 rings (SSSR count). The molecule has 2 aliphatic rings. The van der Waals surface area contributed by atoms with Crippen LogP contribution in [0.5, 0.6) is 0 Å². The molecule has 0 aliphatic carbocycles. The van der Waals surface area contributed by atoms with Gasteiger partial charge in [-0.15, -0.1) is 0 Å². The van der Waals surface area contributed by atoms with Crippen molar-refractivity contribution in [2.45, 2.75) is 51.0 Å². The molecule has 2 heterocycles. The molecule has 2 saturated heterocycles. The maximum atomic E-state index is 12.1. The first-order valence-corrected chi connectivity index (χ1v) is 7.43. The standard InChI is InChI=1S/C14H24N2O3/c17-13(16-10-5-6-12(16)14(18)19)7-11-15-8-3-1-2-4-9-15/h12H,1-11H2,(H,18,19). The summed E-state index contributed by atoms with van der Waals surface area (Å²) in [5.41, 5.74) is 0. The second-order valence-electron chi connectivity index (χ2n) is 5.59. The Morgan fingerprint density at radius 3 is 2.32 bits per heavy atom. The minimum atomic E-state index is -0.861. The van der Waals surface area contributed by atoms with Crippen LogP contribution >= 0.6 is 0 Å². The van der Waals surface area contributed by atoms with Crippen LogP contribution in [-0.2, 0) is 9.59 Å². The van der Waals surface area contributed by atoms with Crippen LogP contribution in [0.15, 0.2) is 0 Å². The summed E-state index contributed by atoms with van der Waals surface area (Å²) in [5.74, 6) is -0.852. The Labute approximate surface area is 114 Å². The van der Waals surface area contributed by atoms with E-state index in [9.17, 15) is 9.59 Å². The SMILES string of the molecule is O=C(O)C1CCCN1C(=O)CCN1CCCCCC1. The normalized spacial score (nSPS) is 25.3. The molecule has 0 bridgehead atoms. The monoisotopic (exact) mass is 268 g/mol. The summed E-state index contributed by atoms with van der Waals surface area (Å²) in [6.07, 6.45) is 6.89. The van der Waals surface area contributed by atoms with Crippen LogP contribution in [0.4, 0.5) is 0 Å². The molecule has 19 heavy (non-hydrogen) atoms. The van der Waals surface area contributed by atoms with Gasteiger partial charge in [0.25, 0.3) is 0 Å². The Bertz CT molecular complexity index is 325. The molecule has 1 atom stereocenters. The molecule has 5 heteroatoms. The van der Waals surface area contributed by atoms with E-state index in [0.717, 1.165) is 26.1 Å². The fraction of sp³-hybridized carbons (Fsp3) is 0.857. The third kappa shape index (κ3) is 3.93. The Morgan fingerprint density at radius 1 is 1.00 bits per heavy atom. The summed E-state index contributed by atoms with van der Waals surface area (Å²) in [5, 5.41) is 9.08. The van der Waals surface area contributed by atoms with Gasteiger partial charge in [0.2, 0.25) is 5.91 Å². The minimum Gasteiger partial charge on any atom is -0.480 e. The lowest BCUT2D eigenvalue weighted by Crippen LogP contribution is -2.41. The van der Waals surface area contributed by atoms with Gasteiger partial charge in [-0.2, -0.15) is 0 Å². The van der Waals surface area contributed by atoms with Gasteiger partial charge in [0.15, 0.2) is 0 Å². The number of carboxylic acid groups (broad SMARTS) is 1. The summed E-state index contributed by atoms with van der Waals surface area (Å²) in [4.78, 5) is 27.1. The molecule has 108 valence electrons. The van der Waals surface area contributed by atoms with Crippen molar-refractivity contribution < 1.29 is 14.7 Å². The smallest absolute Gasteiger partial charge is 0.326 e. The quantitative estimate of drug-likeness (QED) is 0.835. The lowest BCUT2D eigenvalue weighted by molar-refractivity contribution is -0.148. The van der Waals surface area contributed by atoms with Gasteiger partial charge in [-0.25, -0.2) is 4.79 Å². The third-order valence-electron chi connectivity index (χ3n) is 4.20. The Balaban J connectivity index is 1.78. The molecule has 0 radical (unpaired) electrons. The molecule has 0 saturated carbocycles. The van der Waals surface area contributed by atoms with Gasteiger partial charge >= 0.3 is 5.97 Å². The zero-order valence-electron chi connectivity index (χ0n) is 11.5. The molecular weight excluding hydrogens is 244 g/mol. The van der Waals surface area contributed by atoms with E-state index in [1.54, 1.807) is 4.90 Å². The fourth-order valence-electron chi connectivity index (χ4n) is 3.08. The van der Waals surface area contributed by atoms with Gasteiger partial charge in [0.1, 0.15) is 6.04 Å². The number of amides is 1. The number of likely N-dealkylation sites (tertiary alicyclic amines) is 2. The number of carboxylic acids is 1. The van der Waals surface area contributed by atoms with Crippen molar-refractivity contribution in [3.8, 4) is 0 Å². The molecule has 1 N–H and O–H groups in total. The third-order valence-corrected chi connectivity index (χ3v) is 4.20. The van der Waals surface area contributed by atoms with Crippen molar-refractivity contribution in [3.63, 3.8) is 0 Å². The maximum absolute atomic E-state index is 12.1. The molecule has 0 aromatic rings. The van der Waals surface area contributed by atoms with E-state index in [4.69, 9.17) is 5.11 Å². The van der Waals surface area contributed by atoms with E-state index in [2.05, 4.69) is 4.90 Å².